The van der Waals surface area contributed by atoms with Crippen molar-refractivity contribution in [1.82, 2.24) is 4.31 Å². The van der Waals surface area contributed by atoms with E-state index in [2.05, 4.69) is 5.32 Å². The number of carbonyl (C=O) groups is 1. The molecule has 1 aliphatic rings. The lowest BCUT2D eigenvalue weighted by molar-refractivity contribution is -0.114. The van der Waals surface area contributed by atoms with Crippen LogP contribution in [-0.4, -0.2) is 38.0 Å². The number of nitrogens with zero attached hydrogens (tertiary/aromatic N) is 1. The standard InChI is InChI=1S/C13H18N2O4S/c1-10(16)14-12-4-6-13(7-5-12)20(17,18)15-8-3-9-19-11(15)2/h4-7,11H,3,8-9H2,1-2H3,(H,14,16). The van der Waals surface area contributed by atoms with Gasteiger partial charge in [-0.2, -0.15) is 4.31 Å². The van der Waals surface area contributed by atoms with Crippen molar-refractivity contribution in [3.05, 3.63) is 24.3 Å². The van der Waals surface area contributed by atoms with Gasteiger partial charge in [0.25, 0.3) is 0 Å². The lowest BCUT2D eigenvalue weighted by Gasteiger charge is -2.32. The average molecular weight is 298 g/mol. The van der Waals surface area contributed by atoms with Crippen LogP contribution in [0.3, 0.4) is 0 Å². The molecule has 1 saturated heterocycles. The van der Waals surface area contributed by atoms with Gasteiger partial charge in [-0.25, -0.2) is 8.42 Å². The molecule has 0 saturated carbocycles. The minimum atomic E-state index is -3.56. The summed E-state index contributed by atoms with van der Waals surface area (Å²) < 4.78 is 31.7. The highest BCUT2D eigenvalue weighted by Gasteiger charge is 2.31. The molecule has 1 amide bonds. The Labute approximate surface area is 118 Å². The van der Waals surface area contributed by atoms with Gasteiger partial charge in [-0.1, -0.05) is 0 Å². The van der Waals surface area contributed by atoms with Crippen LogP contribution in [0, 0.1) is 0 Å². The Morgan fingerprint density at radius 1 is 1.35 bits per heavy atom. The van der Waals surface area contributed by atoms with E-state index >= 15 is 0 Å². The van der Waals surface area contributed by atoms with E-state index in [0.717, 1.165) is 0 Å². The maximum atomic E-state index is 12.5. The second kappa shape index (κ2) is 5.90. The highest BCUT2D eigenvalue weighted by Crippen LogP contribution is 2.23. The minimum Gasteiger partial charge on any atom is -0.362 e. The summed E-state index contributed by atoms with van der Waals surface area (Å²) in [4.78, 5) is 11.1. The van der Waals surface area contributed by atoms with Crippen molar-refractivity contribution >= 4 is 21.6 Å². The number of carbonyl (C=O) groups excluding carboxylic acids is 1. The van der Waals surface area contributed by atoms with Crippen LogP contribution in [0.5, 0.6) is 0 Å². The van der Waals surface area contributed by atoms with E-state index < -0.39 is 16.3 Å². The van der Waals surface area contributed by atoms with Crippen molar-refractivity contribution in [2.75, 3.05) is 18.5 Å². The van der Waals surface area contributed by atoms with Gasteiger partial charge in [0, 0.05) is 25.8 Å². The number of sulfonamides is 1. The molecule has 110 valence electrons. The Morgan fingerprint density at radius 2 is 2.00 bits per heavy atom. The summed E-state index contributed by atoms with van der Waals surface area (Å²) in [5.74, 6) is -0.196. The molecule has 2 rings (SSSR count). The molecule has 6 nitrogen and oxygen atoms in total. The van der Waals surface area contributed by atoms with Crippen LogP contribution >= 0.6 is 0 Å². The van der Waals surface area contributed by atoms with Gasteiger partial charge in [-0.05, 0) is 37.6 Å². The highest BCUT2D eigenvalue weighted by atomic mass is 32.2. The van der Waals surface area contributed by atoms with E-state index in [1.165, 1.54) is 23.4 Å². The van der Waals surface area contributed by atoms with Gasteiger partial charge in [0.05, 0.1) is 4.90 Å². The number of nitrogens with one attached hydrogen (secondary N) is 1. The second-order valence-electron chi connectivity index (χ2n) is 4.64. The van der Waals surface area contributed by atoms with Crippen LogP contribution in [0.15, 0.2) is 29.2 Å². The molecule has 1 aromatic carbocycles. The van der Waals surface area contributed by atoms with E-state index in [1.54, 1.807) is 19.1 Å². The average Bonchev–Trinajstić information content (AvgIpc) is 2.39. The van der Waals surface area contributed by atoms with Gasteiger partial charge in [0.1, 0.15) is 6.23 Å². The lowest BCUT2D eigenvalue weighted by Crippen LogP contribution is -2.44. The molecule has 1 fully saturated rings. The van der Waals surface area contributed by atoms with Crippen LogP contribution in [0.25, 0.3) is 0 Å². The Kier molecular flexibility index (Phi) is 4.42. The largest absolute Gasteiger partial charge is 0.362 e. The van der Waals surface area contributed by atoms with Crippen molar-refractivity contribution in [3.8, 4) is 0 Å². The lowest BCUT2D eigenvalue weighted by atomic mass is 10.3. The molecule has 0 aromatic heterocycles. The third kappa shape index (κ3) is 3.17. The Morgan fingerprint density at radius 3 is 2.55 bits per heavy atom. The molecular weight excluding hydrogens is 280 g/mol. The number of ether oxygens (including phenoxy) is 1. The first-order chi connectivity index (χ1) is 9.41. The van der Waals surface area contributed by atoms with Crippen LogP contribution in [0.2, 0.25) is 0 Å². The molecule has 20 heavy (non-hydrogen) atoms. The molecule has 1 aliphatic heterocycles. The Bertz CT molecular complexity index is 583. The number of anilines is 1. The van der Waals surface area contributed by atoms with Crippen molar-refractivity contribution in [2.24, 2.45) is 0 Å². The first-order valence-electron chi connectivity index (χ1n) is 6.42. The fraction of sp³-hybridized carbons (Fsp3) is 0.462. The van der Waals surface area contributed by atoms with E-state index in [-0.39, 0.29) is 10.8 Å². The summed E-state index contributed by atoms with van der Waals surface area (Å²) in [6.07, 6.45) is 0.233. The van der Waals surface area contributed by atoms with E-state index in [4.69, 9.17) is 4.74 Å². The molecule has 1 heterocycles. The predicted molar refractivity (Wildman–Crippen MR) is 74.7 cm³/mol. The van der Waals surface area contributed by atoms with Crippen LogP contribution in [-0.2, 0) is 19.6 Å². The summed E-state index contributed by atoms with van der Waals surface area (Å²) in [7, 11) is -3.56. The molecule has 0 spiro atoms. The molecule has 1 aromatic rings. The molecule has 0 bridgehead atoms. The first-order valence-corrected chi connectivity index (χ1v) is 7.86. The van der Waals surface area contributed by atoms with Crippen molar-refractivity contribution < 1.29 is 17.9 Å². The zero-order chi connectivity index (χ0) is 14.8. The van der Waals surface area contributed by atoms with Crippen LogP contribution < -0.4 is 5.32 Å². The summed E-state index contributed by atoms with van der Waals surface area (Å²) in [6, 6.07) is 6.12. The number of hydrogen-bond acceptors (Lipinski definition) is 4. The monoisotopic (exact) mass is 298 g/mol. The summed E-state index contributed by atoms with van der Waals surface area (Å²) in [6.45, 7) is 4.16. The maximum Gasteiger partial charge on any atom is 0.245 e. The SMILES string of the molecule is CC(=O)Nc1ccc(S(=O)(=O)N2CCCOC2C)cc1. The Balaban J connectivity index is 2.23. The van der Waals surface area contributed by atoms with Gasteiger partial charge < -0.3 is 10.1 Å². The highest BCUT2D eigenvalue weighted by molar-refractivity contribution is 7.89. The third-order valence-electron chi connectivity index (χ3n) is 3.07. The van der Waals surface area contributed by atoms with Gasteiger partial charge in [-0.15, -0.1) is 0 Å². The molecule has 1 atom stereocenters. The smallest absolute Gasteiger partial charge is 0.245 e. The minimum absolute atomic E-state index is 0.196. The van der Waals surface area contributed by atoms with Crippen molar-refractivity contribution in [2.45, 2.75) is 31.4 Å². The van der Waals surface area contributed by atoms with Gasteiger partial charge in [0.2, 0.25) is 15.9 Å². The van der Waals surface area contributed by atoms with Gasteiger partial charge >= 0.3 is 0 Å². The normalized spacial score (nSPS) is 20.6. The molecule has 0 aliphatic carbocycles. The van der Waals surface area contributed by atoms with Crippen molar-refractivity contribution in [3.63, 3.8) is 0 Å². The van der Waals surface area contributed by atoms with E-state index in [9.17, 15) is 13.2 Å². The zero-order valence-corrected chi connectivity index (χ0v) is 12.3. The summed E-state index contributed by atoms with van der Waals surface area (Å²) >= 11 is 0. The van der Waals surface area contributed by atoms with Gasteiger partial charge in [0.15, 0.2) is 0 Å². The molecule has 1 N–H and O–H groups in total. The molecule has 0 radical (unpaired) electrons. The number of benzene rings is 1. The first kappa shape index (κ1) is 15.0. The fourth-order valence-corrected chi connectivity index (χ4v) is 3.68. The quantitative estimate of drug-likeness (QED) is 0.915. The van der Waals surface area contributed by atoms with Crippen LogP contribution in [0.4, 0.5) is 5.69 Å². The third-order valence-corrected chi connectivity index (χ3v) is 5.03. The topological polar surface area (TPSA) is 75.7 Å². The number of hydrogen-bond donors (Lipinski definition) is 1. The maximum absolute atomic E-state index is 12.5. The molecular formula is C13H18N2O4S. The predicted octanol–water partition coefficient (Wildman–Crippen LogP) is 1.40. The van der Waals surface area contributed by atoms with Crippen LogP contribution in [0.1, 0.15) is 20.3 Å². The number of rotatable bonds is 3. The molecule has 7 heteroatoms. The summed E-state index contributed by atoms with van der Waals surface area (Å²) in [5, 5.41) is 2.60. The second-order valence-corrected chi connectivity index (χ2v) is 6.54. The Hall–Kier alpha value is -1.44. The number of amides is 1. The summed E-state index contributed by atoms with van der Waals surface area (Å²) in [5.41, 5.74) is 0.569. The van der Waals surface area contributed by atoms with Gasteiger partial charge in [-0.3, -0.25) is 4.79 Å². The van der Waals surface area contributed by atoms with E-state index in [0.29, 0.717) is 25.3 Å². The van der Waals surface area contributed by atoms with Crippen molar-refractivity contribution in [1.29, 1.82) is 0 Å². The molecule has 1 unspecified atom stereocenters. The fourth-order valence-electron chi connectivity index (χ4n) is 2.10. The zero-order valence-electron chi connectivity index (χ0n) is 11.5. The van der Waals surface area contributed by atoms with E-state index in [1.807, 2.05) is 0 Å².